The molecule has 0 aliphatic carbocycles. The maximum atomic E-state index is 12.2. The lowest BCUT2D eigenvalue weighted by Gasteiger charge is -2.12. The van der Waals surface area contributed by atoms with Crippen LogP contribution in [0.25, 0.3) is 0 Å². The number of hydrogen-bond donors (Lipinski definition) is 5. The van der Waals surface area contributed by atoms with Crippen molar-refractivity contribution in [2.24, 2.45) is 5.73 Å². The van der Waals surface area contributed by atoms with E-state index in [2.05, 4.69) is 48.1 Å². The number of amides is 1. The number of aromatic nitrogens is 4. The number of ether oxygens (including phenoxy) is 2. The molecule has 0 fully saturated rings. The lowest BCUT2D eigenvalue weighted by molar-refractivity contribution is -0.120. The van der Waals surface area contributed by atoms with Crippen molar-refractivity contribution < 1.29 is 14.3 Å². The van der Waals surface area contributed by atoms with Crippen LogP contribution in [0.5, 0.6) is 0 Å². The lowest BCUT2D eigenvalue weighted by Crippen LogP contribution is -2.29. The highest BCUT2D eigenvalue weighted by molar-refractivity contribution is 5.78. The van der Waals surface area contributed by atoms with Crippen LogP contribution < -0.4 is 27.0 Å². The zero-order valence-electron chi connectivity index (χ0n) is 22.5. The molecule has 0 aliphatic rings. The summed E-state index contributed by atoms with van der Waals surface area (Å²) in [4.78, 5) is 29.8. The number of rotatable bonds is 19. The Labute approximate surface area is 229 Å². The van der Waals surface area contributed by atoms with Gasteiger partial charge in [0, 0.05) is 44.3 Å². The molecule has 0 saturated carbocycles. The molecule has 0 spiro atoms. The molecule has 0 saturated heterocycles. The number of carbonyl (C=O) groups is 1. The summed E-state index contributed by atoms with van der Waals surface area (Å²) in [6.07, 6.45) is 5.86. The number of nitrogens with two attached hydrogens (primary N) is 1. The largest absolute Gasteiger partial charge is 0.378 e. The predicted molar refractivity (Wildman–Crippen MR) is 152 cm³/mol. The lowest BCUT2D eigenvalue weighted by atomic mass is 10.1. The molecule has 0 unspecified atom stereocenters. The van der Waals surface area contributed by atoms with E-state index in [4.69, 9.17) is 15.2 Å². The highest BCUT2D eigenvalue weighted by Gasteiger charge is 2.08. The molecule has 1 aromatic carbocycles. The maximum Gasteiger partial charge on any atom is 0.233 e. The van der Waals surface area contributed by atoms with Crippen LogP contribution in [-0.2, 0) is 27.2 Å². The number of benzene rings is 1. The molecule has 3 aromatic rings. The number of carbonyl (C=O) groups excluding carboxylic acids is 1. The van der Waals surface area contributed by atoms with Gasteiger partial charge in [0.05, 0.1) is 32.8 Å². The van der Waals surface area contributed by atoms with E-state index >= 15 is 0 Å². The maximum absolute atomic E-state index is 12.2. The quantitative estimate of drug-likeness (QED) is 0.143. The molecule has 2 heterocycles. The molecule has 0 bridgehead atoms. The average Bonchev–Trinajstić information content (AvgIpc) is 2.95. The highest BCUT2D eigenvalue weighted by atomic mass is 16.5. The molecular formula is C27H39N9O3. The topological polar surface area (TPSA) is 161 Å². The van der Waals surface area contributed by atoms with E-state index in [1.54, 1.807) is 12.4 Å². The molecule has 12 heteroatoms. The fourth-order valence-corrected chi connectivity index (χ4v) is 3.40. The number of nitrogens with one attached hydrogen (secondary N) is 4. The second-order valence-corrected chi connectivity index (χ2v) is 8.66. The first kappa shape index (κ1) is 29.7. The van der Waals surface area contributed by atoms with Crippen LogP contribution in [0.4, 0.5) is 23.5 Å². The van der Waals surface area contributed by atoms with Crippen molar-refractivity contribution in [3.8, 4) is 0 Å². The Kier molecular flexibility index (Phi) is 13.4. The summed E-state index contributed by atoms with van der Waals surface area (Å²) in [5.41, 5.74) is 8.12. The Bertz CT molecular complexity index is 1100. The molecule has 39 heavy (non-hydrogen) atoms. The van der Waals surface area contributed by atoms with E-state index < -0.39 is 0 Å². The van der Waals surface area contributed by atoms with Gasteiger partial charge in [0.2, 0.25) is 23.8 Å². The second-order valence-electron chi connectivity index (χ2n) is 8.66. The Morgan fingerprint density at radius 2 is 1.51 bits per heavy atom. The van der Waals surface area contributed by atoms with Crippen molar-refractivity contribution in [3.05, 3.63) is 59.9 Å². The third-order valence-electron chi connectivity index (χ3n) is 5.43. The average molecular weight is 538 g/mol. The number of pyridine rings is 1. The van der Waals surface area contributed by atoms with Gasteiger partial charge in [0.25, 0.3) is 0 Å². The number of nitrogens with zero attached hydrogens (tertiary/aromatic N) is 4. The van der Waals surface area contributed by atoms with E-state index in [9.17, 15) is 4.79 Å². The molecule has 12 nitrogen and oxygen atoms in total. The smallest absolute Gasteiger partial charge is 0.233 e. The first-order chi connectivity index (χ1) is 19.2. The van der Waals surface area contributed by atoms with Crippen molar-refractivity contribution in [1.29, 1.82) is 0 Å². The Morgan fingerprint density at radius 3 is 2.23 bits per heavy atom. The molecular weight excluding hydrogens is 498 g/mol. The van der Waals surface area contributed by atoms with Gasteiger partial charge in [0.15, 0.2) is 0 Å². The normalized spacial score (nSPS) is 10.7. The SMILES string of the molecule is CCCCNc1nc(NCc2ccncc2)nc(Nc2ccc(CC(=O)NCCOCCOCCN)cc2)n1. The van der Waals surface area contributed by atoms with Crippen LogP contribution >= 0.6 is 0 Å². The third kappa shape index (κ3) is 12.0. The first-order valence-corrected chi connectivity index (χ1v) is 13.3. The van der Waals surface area contributed by atoms with Crippen LogP contribution in [-0.4, -0.2) is 71.9 Å². The van der Waals surface area contributed by atoms with Crippen LogP contribution in [0.1, 0.15) is 30.9 Å². The van der Waals surface area contributed by atoms with Crippen LogP contribution in [0.15, 0.2) is 48.8 Å². The minimum absolute atomic E-state index is 0.0659. The van der Waals surface area contributed by atoms with Crippen molar-refractivity contribution in [2.45, 2.75) is 32.7 Å². The summed E-state index contributed by atoms with van der Waals surface area (Å²) < 4.78 is 10.7. The van der Waals surface area contributed by atoms with E-state index in [1.807, 2.05) is 36.4 Å². The Morgan fingerprint density at radius 1 is 0.821 bits per heavy atom. The van der Waals surface area contributed by atoms with Gasteiger partial charge in [-0.1, -0.05) is 25.5 Å². The molecule has 1 amide bonds. The first-order valence-electron chi connectivity index (χ1n) is 13.3. The monoisotopic (exact) mass is 537 g/mol. The van der Waals surface area contributed by atoms with E-state index in [1.165, 1.54) is 0 Å². The van der Waals surface area contributed by atoms with Gasteiger partial charge in [-0.2, -0.15) is 15.0 Å². The van der Waals surface area contributed by atoms with Crippen LogP contribution in [0.3, 0.4) is 0 Å². The standard InChI is InChI=1S/C27H39N9O3/c1-2-3-11-31-25-34-26(32-20-22-8-12-29-13-9-22)36-27(35-25)33-23-6-4-21(5-7-23)19-24(37)30-14-16-39-18-17-38-15-10-28/h4-9,12-13H,2-3,10-11,14-20,28H2,1H3,(H,30,37)(H3,31,32,33,34,35,36). The summed E-state index contributed by atoms with van der Waals surface area (Å²) in [5.74, 6) is 1.31. The summed E-state index contributed by atoms with van der Waals surface area (Å²) in [6, 6.07) is 11.5. The minimum Gasteiger partial charge on any atom is -0.378 e. The zero-order chi connectivity index (χ0) is 27.5. The van der Waals surface area contributed by atoms with Crippen molar-refractivity contribution in [3.63, 3.8) is 0 Å². The molecule has 2 aromatic heterocycles. The molecule has 0 atom stereocenters. The Hall–Kier alpha value is -3.87. The molecule has 3 rings (SSSR count). The fraction of sp³-hybridized carbons (Fsp3) is 0.444. The molecule has 210 valence electrons. The van der Waals surface area contributed by atoms with E-state index in [0.717, 1.165) is 36.2 Å². The summed E-state index contributed by atoms with van der Waals surface area (Å²) in [7, 11) is 0. The summed E-state index contributed by atoms with van der Waals surface area (Å²) >= 11 is 0. The summed E-state index contributed by atoms with van der Waals surface area (Å²) in [5, 5.41) is 12.6. The van der Waals surface area contributed by atoms with Gasteiger partial charge in [-0.25, -0.2) is 0 Å². The molecule has 6 N–H and O–H groups in total. The van der Waals surface area contributed by atoms with Gasteiger partial charge < -0.3 is 36.5 Å². The number of anilines is 4. The van der Waals surface area contributed by atoms with Crippen molar-refractivity contribution in [2.75, 3.05) is 62.0 Å². The van der Waals surface area contributed by atoms with Crippen LogP contribution in [0.2, 0.25) is 0 Å². The highest BCUT2D eigenvalue weighted by Crippen LogP contribution is 2.17. The predicted octanol–water partition coefficient (Wildman–Crippen LogP) is 2.48. The fourth-order valence-electron chi connectivity index (χ4n) is 3.40. The van der Waals surface area contributed by atoms with Gasteiger partial charge in [-0.3, -0.25) is 9.78 Å². The number of hydrogen-bond acceptors (Lipinski definition) is 11. The van der Waals surface area contributed by atoms with E-state index in [-0.39, 0.29) is 12.3 Å². The summed E-state index contributed by atoms with van der Waals surface area (Å²) in [6.45, 7) is 6.33. The van der Waals surface area contributed by atoms with Gasteiger partial charge in [-0.15, -0.1) is 0 Å². The second kappa shape index (κ2) is 17.6. The van der Waals surface area contributed by atoms with Gasteiger partial charge in [0.1, 0.15) is 0 Å². The van der Waals surface area contributed by atoms with Crippen molar-refractivity contribution in [1.82, 2.24) is 25.3 Å². The van der Waals surface area contributed by atoms with Gasteiger partial charge in [-0.05, 0) is 41.8 Å². The van der Waals surface area contributed by atoms with E-state index in [0.29, 0.717) is 63.9 Å². The van der Waals surface area contributed by atoms with Crippen LogP contribution in [0, 0.1) is 0 Å². The minimum atomic E-state index is -0.0659. The zero-order valence-corrected chi connectivity index (χ0v) is 22.5. The Balaban J connectivity index is 1.50. The van der Waals surface area contributed by atoms with Crippen molar-refractivity contribution >= 4 is 29.4 Å². The van der Waals surface area contributed by atoms with Gasteiger partial charge >= 0.3 is 0 Å². The molecule has 0 radical (unpaired) electrons. The molecule has 0 aliphatic heterocycles. The number of unbranched alkanes of at least 4 members (excludes halogenated alkanes) is 1. The third-order valence-corrected chi connectivity index (χ3v) is 5.43.